The molecule has 7 nitrogen and oxygen atoms in total. The van der Waals surface area contributed by atoms with Gasteiger partial charge in [-0.2, -0.15) is 0 Å². The first-order valence-electron chi connectivity index (χ1n) is 12.8. The highest BCUT2D eigenvalue weighted by molar-refractivity contribution is 5.81. The summed E-state index contributed by atoms with van der Waals surface area (Å²) >= 11 is 0. The highest BCUT2D eigenvalue weighted by Crippen LogP contribution is 2.42. The lowest BCUT2D eigenvalue weighted by Gasteiger charge is -2.34. The number of carboxylic acids is 1. The van der Waals surface area contributed by atoms with E-state index >= 15 is 0 Å². The van der Waals surface area contributed by atoms with E-state index in [9.17, 15) is 15.0 Å². The summed E-state index contributed by atoms with van der Waals surface area (Å²) < 4.78 is 7.70. The molecule has 4 rings (SSSR count). The van der Waals surface area contributed by atoms with Crippen molar-refractivity contribution in [2.75, 3.05) is 6.61 Å². The number of carboxylic acid groups (broad SMARTS) is 1. The molecule has 0 amide bonds. The molecule has 1 aromatic heterocycles. The van der Waals surface area contributed by atoms with Crippen LogP contribution in [0.5, 0.6) is 0 Å². The molecule has 0 radical (unpaired) electrons. The second-order valence-corrected chi connectivity index (χ2v) is 9.62. The second-order valence-electron chi connectivity index (χ2n) is 9.62. The van der Waals surface area contributed by atoms with E-state index in [1.54, 1.807) is 0 Å². The van der Waals surface area contributed by atoms with Gasteiger partial charge in [-0.25, -0.2) is 4.68 Å². The molecule has 0 aliphatic carbocycles. The molecule has 0 aliphatic rings. The summed E-state index contributed by atoms with van der Waals surface area (Å²) in [6, 6.07) is 20.0. The minimum atomic E-state index is -0.869. The number of hydrogen-bond donors (Lipinski definition) is 2. The molecular formula is C30H35N3O4. The monoisotopic (exact) mass is 501 g/mol. The van der Waals surface area contributed by atoms with Gasteiger partial charge in [-0.05, 0) is 66.1 Å². The zero-order chi connectivity index (χ0) is 26.4. The van der Waals surface area contributed by atoms with Crippen LogP contribution in [-0.2, 0) is 34.7 Å². The number of rotatable bonds is 12. The Bertz CT molecular complexity index is 1370. The molecule has 3 aromatic carbocycles. The molecule has 0 aliphatic heterocycles. The Labute approximate surface area is 217 Å². The molecule has 0 saturated carbocycles. The van der Waals surface area contributed by atoms with Crippen molar-refractivity contribution in [1.29, 1.82) is 0 Å². The van der Waals surface area contributed by atoms with Crippen LogP contribution in [0.25, 0.3) is 11.0 Å². The van der Waals surface area contributed by atoms with Gasteiger partial charge in [0.2, 0.25) is 0 Å². The number of fused-ring (bicyclic) bond motifs is 1. The first kappa shape index (κ1) is 26.5. The molecular weight excluding hydrogens is 466 g/mol. The van der Waals surface area contributed by atoms with Gasteiger partial charge in [-0.15, -0.1) is 5.10 Å². The lowest BCUT2D eigenvalue weighted by atomic mass is 9.68. The first-order chi connectivity index (χ1) is 17.9. The van der Waals surface area contributed by atoms with E-state index in [1.165, 1.54) is 0 Å². The number of aromatic nitrogens is 3. The molecule has 37 heavy (non-hydrogen) atoms. The molecule has 0 spiro atoms. The van der Waals surface area contributed by atoms with Crippen molar-refractivity contribution in [3.8, 4) is 0 Å². The number of aryl methyl sites for hydroxylation is 3. The Morgan fingerprint density at radius 3 is 2.57 bits per heavy atom. The van der Waals surface area contributed by atoms with Crippen molar-refractivity contribution in [3.63, 3.8) is 0 Å². The van der Waals surface area contributed by atoms with E-state index in [0.717, 1.165) is 50.8 Å². The number of hydrogen-bond acceptors (Lipinski definition) is 5. The maximum atomic E-state index is 12.1. The van der Waals surface area contributed by atoms with Crippen molar-refractivity contribution < 1.29 is 19.7 Å². The third kappa shape index (κ3) is 5.58. The van der Waals surface area contributed by atoms with Gasteiger partial charge in [0.15, 0.2) is 0 Å². The van der Waals surface area contributed by atoms with E-state index in [1.807, 2.05) is 86.1 Å². The minimum absolute atomic E-state index is 0.0589. The number of aliphatic hydroxyl groups is 1. The summed E-state index contributed by atoms with van der Waals surface area (Å²) in [6.45, 7) is 7.74. The zero-order valence-corrected chi connectivity index (χ0v) is 21.8. The average molecular weight is 502 g/mol. The standard InChI is InChI=1S/C30H35N3O4/c1-4-30(18-28(35)36,25-12-11-21(2)24(17-25)19-34)26-13-14-27-29(22(26)3)31-32-33(27)15-8-16-37-20-23-9-6-5-7-10-23/h5-7,9-14,17,34H,4,8,15-16,18-20H2,1-3H3,(H,35,36). The van der Waals surface area contributed by atoms with Crippen LogP contribution < -0.4 is 0 Å². The second kappa shape index (κ2) is 11.7. The normalized spacial score (nSPS) is 13.1. The molecule has 1 atom stereocenters. The van der Waals surface area contributed by atoms with Crippen LogP contribution >= 0.6 is 0 Å². The van der Waals surface area contributed by atoms with Crippen LogP contribution in [-0.4, -0.2) is 37.8 Å². The van der Waals surface area contributed by atoms with Crippen LogP contribution in [0.2, 0.25) is 0 Å². The Hall–Kier alpha value is -3.55. The Kier molecular flexibility index (Phi) is 8.36. The number of ether oxygens (including phenoxy) is 1. The molecule has 7 heteroatoms. The fraction of sp³-hybridized carbons (Fsp3) is 0.367. The van der Waals surface area contributed by atoms with Gasteiger partial charge < -0.3 is 14.9 Å². The van der Waals surface area contributed by atoms with Crippen LogP contribution in [0.1, 0.15) is 59.6 Å². The van der Waals surface area contributed by atoms with Crippen molar-refractivity contribution in [2.45, 2.75) is 65.2 Å². The fourth-order valence-electron chi connectivity index (χ4n) is 5.20. The van der Waals surface area contributed by atoms with Crippen molar-refractivity contribution >= 4 is 17.0 Å². The van der Waals surface area contributed by atoms with E-state index in [4.69, 9.17) is 4.74 Å². The lowest BCUT2D eigenvalue weighted by molar-refractivity contribution is -0.138. The number of aliphatic hydroxyl groups excluding tert-OH is 1. The van der Waals surface area contributed by atoms with Crippen LogP contribution in [0.3, 0.4) is 0 Å². The van der Waals surface area contributed by atoms with Crippen LogP contribution in [0, 0.1) is 13.8 Å². The Morgan fingerprint density at radius 1 is 1.08 bits per heavy atom. The Balaban J connectivity index is 1.60. The predicted octanol–water partition coefficient (Wildman–Crippen LogP) is 5.32. The Morgan fingerprint density at radius 2 is 1.86 bits per heavy atom. The van der Waals surface area contributed by atoms with Crippen LogP contribution in [0.4, 0.5) is 0 Å². The summed E-state index contributed by atoms with van der Waals surface area (Å²) in [4.78, 5) is 12.1. The minimum Gasteiger partial charge on any atom is -0.481 e. The van der Waals surface area contributed by atoms with E-state index < -0.39 is 11.4 Å². The van der Waals surface area contributed by atoms with Crippen LogP contribution in [0.15, 0.2) is 60.7 Å². The van der Waals surface area contributed by atoms with E-state index in [0.29, 0.717) is 26.2 Å². The van der Waals surface area contributed by atoms with Gasteiger partial charge in [-0.3, -0.25) is 4.79 Å². The number of carbonyl (C=O) groups is 1. The molecule has 0 bridgehead atoms. The largest absolute Gasteiger partial charge is 0.481 e. The van der Waals surface area contributed by atoms with Gasteiger partial charge in [0, 0.05) is 18.6 Å². The summed E-state index contributed by atoms with van der Waals surface area (Å²) in [7, 11) is 0. The summed E-state index contributed by atoms with van der Waals surface area (Å²) in [6.07, 6.45) is 1.33. The zero-order valence-electron chi connectivity index (χ0n) is 21.8. The lowest BCUT2D eigenvalue weighted by Crippen LogP contribution is -2.31. The van der Waals surface area contributed by atoms with Gasteiger partial charge in [0.05, 0.1) is 25.2 Å². The molecule has 2 N–H and O–H groups in total. The third-order valence-corrected chi connectivity index (χ3v) is 7.35. The van der Waals surface area contributed by atoms with Gasteiger partial charge >= 0.3 is 5.97 Å². The van der Waals surface area contributed by atoms with Gasteiger partial charge in [0.25, 0.3) is 0 Å². The summed E-state index contributed by atoms with van der Waals surface area (Å²) in [5, 5.41) is 28.6. The van der Waals surface area contributed by atoms with Crippen molar-refractivity contribution in [3.05, 3.63) is 94.0 Å². The topological polar surface area (TPSA) is 97.5 Å². The van der Waals surface area contributed by atoms with Crippen molar-refractivity contribution in [1.82, 2.24) is 15.0 Å². The molecule has 1 heterocycles. The van der Waals surface area contributed by atoms with Gasteiger partial charge in [-0.1, -0.05) is 66.7 Å². The molecule has 1 unspecified atom stereocenters. The predicted molar refractivity (Wildman–Crippen MR) is 143 cm³/mol. The fourth-order valence-corrected chi connectivity index (χ4v) is 5.20. The SMILES string of the molecule is CCC(CC(=O)O)(c1ccc(C)c(CO)c1)c1ccc2c(nnn2CCCOCc2ccccc2)c1C. The summed E-state index contributed by atoms with van der Waals surface area (Å²) in [5.41, 5.74) is 6.62. The molecule has 4 aromatic rings. The number of aliphatic carboxylic acids is 1. The van der Waals surface area contributed by atoms with Crippen molar-refractivity contribution in [2.24, 2.45) is 0 Å². The van der Waals surface area contributed by atoms with E-state index in [-0.39, 0.29) is 13.0 Å². The summed E-state index contributed by atoms with van der Waals surface area (Å²) in [5.74, 6) is -0.869. The molecule has 194 valence electrons. The first-order valence-corrected chi connectivity index (χ1v) is 12.8. The van der Waals surface area contributed by atoms with Gasteiger partial charge in [0.1, 0.15) is 5.52 Å². The smallest absolute Gasteiger partial charge is 0.304 e. The maximum Gasteiger partial charge on any atom is 0.304 e. The number of benzene rings is 3. The highest BCUT2D eigenvalue weighted by atomic mass is 16.5. The molecule has 0 fully saturated rings. The third-order valence-electron chi connectivity index (χ3n) is 7.35. The van der Waals surface area contributed by atoms with E-state index in [2.05, 4.69) is 10.3 Å². The molecule has 0 saturated heterocycles. The quantitative estimate of drug-likeness (QED) is 0.255. The average Bonchev–Trinajstić information content (AvgIpc) is 3.32. The maximum absolute atomic E-state index is 12.1. The highest BCUT2D eigenvalue weighted by Gasteiger charge is 2.37. The number of nitrogens with zero attached hydrogens (tertiary/aromatic N) is 3.